The summed E-state index contributed by atoms with van der Waals surface area (Å²) in [5.74, 6) is -2.13. The summed E-state index contributed by atoms with van der Waals surface area (Å²) in [5, 5.41) is 2.72. The lowest BCUT2D eigenvalue weighted by Crippen LogP contribution is -2.33. The predicted octanol–water partition coefficient (Wildman–Crippen LogP) is 3.45. The summed E-state index contributed by atoms with van der Waals surface area (Å²) in [6, 6.07) is 17.1. The average molecular weight is 277 g/mol. The fourth-order valence-corrected chi connectivity index (χ4v) is 1.79. The molecule has 0 aliphatic rings. The number of nitrogens with one attached hydrogen (secondary N) is 1. The van der Waals surface area contributed by atoms with Gasteiger partial charge in [0.05, 0.1) is 6.54 Å². The van der Waals surface area contributed by atoms with Crippen molar-refractivity contribution in [2.75, 3.05) is 19.7 Å². The minimum Gasteiger partial charge on any atom is -0.492 e. The normalized spacial score (nSPS) is 11.3. The highest BCUT2D eigenvalue weighted by molar-refractivity contribution is 5.21. The first-order valence-corrected chi connectivity index (χ1v) is 6.50. The zero-order valence-electron chi connectivity index (χ0n) is 11.1. The molecule has 1 N–H and O–H groups in total. The van der Waals surface area contributed by atoms with Crippen LogP contribution in [0.1, 0.15) is 5.56 Å². The van der Waals surface area contributed by atoms with E-state index in [9.17, 15) is 8.78 Å². The minimum atomic E-state index is -2.87. The Kier molecular flexibility index (Phi) is 5.07. The van der Waals surface area contributed by atoms with E-state index in [2.05, 4.69) is 5.32 Å². The Morgan fingerprint density at radius 3 is 2.15 bits per heavy atom. The van der Waals surface area contributed by atoms with Crippen molar-refractivity contribution in [2.45, 2.75) is 5.92 Å². The van der Waals surface area contributed by atoms with Gasteiger partial charge in [-0.1, -0.05) is 48.5 Å². The van der Waals surface area contributed by atoms with Crippen LogP contribution in [0.15, 0.2) is 60.7 Å². The zero-order valence-corrected chi connectivity index (χ0v) is 11.1. The van der Waals surface area contributed by atoms with E-state index in [0.717, 1.165) is 5.75 Å². The molecule has 2 rings (SSSR count). The SMILES string of the molecule is FC(F)(CNCCOc1ccccc1)c1ccccc1. The monoisotopic (exact) mass is 277 g/mol. The lowest BCUT2D eigenvalue weighted by molar-refractivity contribution is -0.00352. The Hall–Kier alpha value is -1.94. The minimum absolute atomic E-state index is 0.0245. The number of benzene rings is 2. The van der Waals surface area contributed by atoms with Crippen LogP contribution in [-0.2, 0) is 5.92 Å². The molecule has 2 nitrogen and oxygen atoms in total. The molecule has 4 heteroatoms. The van der Waals surface area contributed by atoms with Crippen molar-refractivity contribution in [1.82, 2.24) is 5.32 Å². The van der Waals surface area contributed by atoms with Crippen molar-refractivity contribution in [3.05, 3.63) is 66.2 Å². The summed E-state index contributed by atoms with van der Waals surface area (Å²) in [4.78, 5) is 0. The molecule has 106 valence electrons. The number of halogens is 2. The van der Waals surface area contributed by atoms with Crippen LogP contribution in [0.2, 0.25) is 0 Å². The van der Waals surface area contributed by atoms with E-state index in [1.54, 1.807) is 18.2 Å². The van der Waals surface area contributed by atoms with Gasteiger partial charge < -0.3 is 10.1 Å². The maximum Gasteiger partial charge on any atom is 0.285 e. The molecule has 0 heterocycles. The van der Waals surface area contributed by atoms with Crippen LogP contribution in [0, 0.1) is 0 Å². The van der Waals surface area contributed by atoms with Gasteiger partial charge in [-0.3, -0.25) is 0 Å². The fourth-order valence-electron chi connectivity index (χ4n) is 1.79. The fraction of sp³-hybridized carbons (Fsp3) is 0.250. The van der Waals surface area contributed by atoms with Gasteiger partial charge in [0.25, 0.3) is 5.92 Å². The summed E-state index contributed by atoms with van der Waals surface area (Å²) < 4.78 is 33.0. The molecule has 0 aliphatic heterocycles. The van der Waals surface area contributed by atoms with Gasteiger partial charge in [-0.05, 0) is 12.1 Å². The number of hydrogen-bond acceptors (Lipinski definition) is 2. The Morgan fingerprint density at radius 1 is 0.900 bits per heavy atom. The Labute approximate surface area is 117 Å². The molecule has 0 saturated carbocycles. The average Bonchev–Trinajstić information content (AvgIpc) is 2.49. The van der Waals surface area contributed by atoms with Crippen molar-refractivity contribution in [2.24, 2.45) is 0 Å². The number of hydrogen-bond donors (Lipinski definition) is 1. The molecule has 20 heavy (non-hydrogen) atoms. The largest absolute Gasteiger partial charge is 0.492 e. The third-order valence-corrected chi connectivity index (χ3v) is 2.83. The van der Waals surface area contributed by atoms with Crippen LogP contribution in [-0.4, -0.2) is 19.7 Å². The molecule has 0 radical (unpaired) electrons. The van der Waals surface area contributed by atoms with Gasteiger partial charge in [0.15, 0.2) is 0 Å². The lowest BCUT2D eigenvalue weighted by atomic mass is 10.1. The second-order valence-corrected chi connectivity index (χ2v) is 4.41. The third-order valence-electron chi connectivity index (χ3n) is 2.83. The summed E-state index contributed by atoms with van der Waals surface area (Å²) in [6.07, 6.45) is 0. The lowest BCUT2D eigenvalue weighted by Gasteiger charge is -2.17. The quantitative estimate of drug-likeness (QED) is 0.783. The number of ether oxygens (including phenoxy) is 1. The second kappa shape index (κ2) is 7.01. The van der Waals surface area contributed by atoms with E-state index in [1.165, 1.54) is 12.1 Å². The van der Waals surface area contributed by atoms with Gasteiger partial charge in [0, 0.05) is 12.1 Å². The van der Waals surface area contributed by atoms with Crippen LogP contribution in [0.25, 0.3) is 0 Å². The standard InChI is InChI=1S/C16H17F2NO/c17-16(18,14-7-3-1-4-8-14)13-19-11-12-20-15-9-5-2-6-10-15/h1-10,19H,11-13H2. The highest BCUT2D eigenvalue weighted by Crippen LogP contribution is 2.26. The summed E-state index contributed by atoms with van der Waals surface area (Å²) in [5.41, 5.74) is 0.0245. The van der Waals surface area contributed by atoms with Crippen molar-refractivity contribution < 1.29 is 13.5 Å². The van der Waals surface area contributed by atoms with Crippen molar-refractivity contribution in [1.29, 1.82) is 0 Å². The van der Waals surface area contributed by atoms with E-state index >= 15 is 0 Å². The molecule has 0 atom stereocenters. The van der Waals surface area contributed by atoms with E-state index in [4.69, 9.17) is 4.74 Å². The topological polar surface area (TPSA) is 21.3 Å². The van der Waals surface area contributed by atoms with Gasteiger partial charge in [0.1, 0.15) is 12.4 Å². The maximum atomic E-state index is 13.8. The van der Waals surface area contributed by atoms with Crippen LogP contribution in [0.5, 0.6) is 5.75 Å². The molecule has 0 aliphatic carbocycles. The van der Waals surface area contributed by atoms with Gasteiger partial charge >= 0.3 is 0 Å². The molecule has 2 aromatic carbocycles. The first-order valence-electron chi connectivity index (χ1n) is 6.50. The molecule has 2 aromatic rings. The van der Waals surface area contributed by atoms with E-state index in [-0.39, 0.29) is 5.56 Å². The predicted molar refractivity (Wildman–Crippen MR) is 75.1 cm³/mol. The molecule has 0 unspecified atom stereocenters. The van der Waals surface area contributed by atoms with Crippen LogP contribution in [0.4, 0.5) is 8.78 Å². The van der Waals surface area contributed by atoms with E-state index in [1.807, 2.05) is 30.3 Å². The molecule has 0 saturated heterocycles. The molecular formula is C16H17F2NO. The second-order valence-electron chi connectivity index (χ2n) is 4.41. The van der Waals surface area contributed by atoms with Gasteiger partial charge in [-0.2, -0.15) is 8.78 Å². The molecule has 0 bridgehead atoms. The first kappa shape index (κ1) is 14.5. The zero-order chi connectivity index (χ0) is 14.3. The molecule has 0 aromatic heterocycles. The molecule has 0 fully saturated rings. The Morgan fingerprint density at radius 2 is 1.50 bits per heavy atom. The maximum absolute atomic E-state index is 13.8. The van der Waals surface area contributed by atoms with Gasteiger partial charge in [-0.25, -0.2) is 0 Å². The number of rotatable bonds is 7. The molecule has 0 amide bonds. The summed E-state index contributed by atoms with van der Waals surface area (Å²) in [7, 11) is 0. The summed E-state index contributed by atoms with van der Waals surface area (Å²) >= 11 is 0. The smallest absolute Gasteiger partial charge is 0.285 e. The van der Waals surface area contributed by atoms with E-state index in [0.29, 0.717) is 13.2 Å². The van der Waals surface area contributed by atoms with Crippen LogP contribution < -0.4 is 10.1 Å². The first-order chi connectivity index (χ1) is 9.68. The van der Waals surface area contributed by atoms with Crippen molar-refractivity contribution in [3.63, 3.8) is 0 Å². The van der Waals surface area contributed by atoms with Crippen LogP contribution >= 0.6 is 0 Å². The number of alkyl halides is 2. The number of para-hydroxylation sites is 1. The highest BCUT2D eigenvalue weighted by Gasteiger charge is 2.30. The third kappa shape index (κ3) is 4.31. The summed E-state index contributed by atoms with van der Waals surface area (Å²) in [6.45, 7) is 0.335. The Balaban J connectivity index is 1.70. The van der Waals surface area contributed by atoms with Gasteiger partial charge in [0.2, 0.25) is 0 Å². The van der Waals surface area contributed by atoms with Gasteiger partial charge in [-0.15, -0.1) is 0 Å². The Bertz CT molecular complexity index is 502. The molecule has 0 spiro atoms. The van der Waals surface area contributed by atoms with Crippen molar-refractivity contribution in [3.8, 4) is 5.75 Å². The van der Waals surface area contributed by atoms with Crippen LogP contribution in [0.3, 0.4) is 0 Å². The van der Waals surface area contributed by atoms with E-state index < -0.39 is 12.5 Å². The van der Waals surface area contributed by atoms with Crippen molar-refractivity contribution >= 4 is 0 Å². The molecular weight excluding hydrogens is 260 g/mol. The highest BCUT2D eigenvalue weighted by atomic mass is 19.3.